The van der Waals surface area contributed by atoms with Crippen LogP contribution in [0.1, 0.15) is 38.3 Å². The Kier molecular flexibility index (Phi) is 5.87. The number of hydrogen-bond donors (Lipinski definition) is 2. The highest BCUT2D eigenvalue weighted by Gasteiger charge is 2.22. The summed E-state index contributed by atoms with van der Waals surface area (Å²) in [6.45, 7) is 7.73. The lowest BCUT2D eigenvalue weighted by Crippen LogP contribution is -2.22. The lowest BCUT2D eigenvalue weighted by atomic mass is 10.1. The van der Waals surface area contributed by atoms with Crippen molar-refractivity contribution in [3.63, 3.8) is 0 Å². The molecule has 1 heterocycles. The van der Waals surface area contributed by atoms with Gasteiger partial charge in [0.2, 0.25) is 0 Å². The molecule has 2 atom stereocenters. The second kappa shape index (κ2) is 7.43. The van der Waals surface area contributed by atoms with E-state index >= 15 is 0 Å². The third-order valence-corrected chi connectivity index (χ3v) is 4.75. The van der Waals surface area contributed by atoms with Crippen LogP contribution in [-0.2, 0) is 0 Å². The molecule has 0 aromatic heterocycles. The van der Waals surface area contributed by atoms with Crippen molar-refractivity contribution in [3.05, 3.63) is 28.2 Å². The Bertz CT molecular complexity index is 438. The minimum absolute atomic E-state index is 0.299. The molecule has 0 bridgehead atoms. The first-order chi connectivity index (χ1) is 9.65. The third-order valence-electron chi connectivity index (χ3n) is 4.06. The quantitative estimate of drug-likeness (QED) is 0.833. The topological polar surface area (TPSA) is 35.5 Å². The fourth-order valence-electron chi connectivity index (χ4n) is 2.75. The molecule has 2 unspecified atom stereocenters. The maximum atomic E-state index is 9.24. The predicted octanol–water partition coefficient (Wildman–Crippen LogP) is 3.33. The number of anilines is 1. The molecule has 20 heavy (non-hydrogen) atoms. The fraction of sp³-hybridized carbons (Fsp3) is 0.625. The van der Waals surface area contributed by atoms with Gasteiger partial charge >= 0.3 is 0 Å². The van der Waals surface area contributed by atoms with Gasteiger partial charge in [-0.1, -0.05) is 28.9 Å². The molecule has 1 aliphatic rings. The normalized spacial score (nSPS) is 20.4. The third kappa shape index (κ3) is 3.74. The van der Waals surface area contributed by atoms with Crippen molar-refractivity contribution in [2.45, 2.75) is 32.7 Å². The van der Waals surface area contributed by atoms with Gasteiger partial charge in [0.1, 0.15) is 0 Å². The molecule has 1 aliphatic heterocycles. The number of aliphatic hydroxyl groups excluding tert-OH is 1. The molecule has 1 aromatic rings. The van der Waals surface area contributed by atoms with E-state index < -0.39 is 0 Å². The number of nitrogens with one attached hydrogen (secondary N) is 1. The monoisotopic (exact) mass is 340 g/mol. The molecule has 1 saturated heterocycles. The first-order valence-corrected chi connectivity index (χ1v) is 8.33. The van der Waals surface area contributed by atoms with Gasteiger partial charge in [0.05, 0.1) is 0 Å². The van der Waals surface area contributed by atoms with Gasteiger partial charge in [0, 0.05) is 41.8 Å². The summed E-state index contributed by atoms with van der Waals surface area (Å²) in [6.07, 6.45) is 2.24. The smallest absolute Gasteiger partial charge is 0.0476 e. The van der Waals surface area contributed by atoms with E-state index in [2.05, 4.69) is 58.2 Å². The molecule has 1 aromatic carbocycles. The standard InChI is InChI=1S/C16H25BrN2O/c1-3-7-18-12(2)15-5-4-14(9-16(15)17)19-8-6-13(10-19)11-20/h4-5,9,12-13,18,20H,3,6-8,10-11H2,1-2H3. The van der Waals surface area contributed by atoms with Gasteiger partial charge in [0.15, 0.2) is 0 Å². The summed E-state index contributed by atoms with van der Waals surface area (Å²) in [5.41, 5.74) is 2.55. The predicted molar refractivity (Wildman–Crippen MR) is 88.3 cm³/mol. The number of benzene rings is 1. The second-order valence-electron chi connectivity index (χ2n) is 5.66. The molecule has 0 saturated carbocycles. The van der Waals surface area contributed by atoms with Crippen molar-refractivity contribution in [2.24, 2.45) is 5.92 Å². The van der Waals surface area contributed by atoms with E-state index in [1.54, 1.807) is 0 Å². The van der Waals surface area contributed by atoms with Crippen LogP contribution in [-0.4, -0.2) is 31.3 Å². The zero-order valence-corrected chi connectivity index (χ0v) is 14.0. The van der Waals surface area contributed by atoms with Gasteiger partial charge in [-0.2, -0.15) is 0 Å². The van der Waals surface area contributed by atoms with Crippen LogP contribution in [0.5, 0.6) is 0 Å². The Labute approximate surface area is 130 Å². The summed E-state index contributed by atoms with van der Waals surface area (Å²) in [7, 11) is 0. The molecule has 0 spiro atoms. The van der Waals surface area contributed by atoms with E-state index in [0.29, 0.717) is 18.6 Å². The minimum atomic E-state index is 0.299. The Morgan fingerprint density at radius 1 is 1.50 bits per heavy atom. The zero-order valence-electron chi connectivity index (χ0n) is 12.4. The van der Waals surface area contributed by atoms with Crippen molar-refractivity contribution in [1.29, 1.82) is 0 Å². The fourth-order valence-corrected chi connectivity index (χ4v) is 3.46. The van der Waals surface area contributed by atoms with E-state index in [4.69, 9.17) is 0 Å². The first kappa shape index (κ1) is 15.8. The van der Waals surface area contributed by atoms with E-state index in [0.717, 1.165) is 32.5 Å². The van der Waals surface area contributed by atoms with Gasteiger partial charge in [0.25, 0.3) is 0 Å². The lowest BCUT2D eigenvalue weighted by molar-refractivity contribution is 0.238. The van der Waals surface area contributed by atoms with Gasteiger partial charge in [-0.05, 0) is 44.0 Å². The van der Waals surface area contributed by atoms with Crippen LogP contribution in [0.15, 0.2) is 22.7 Å². The van der Waals surface area contributed by atoms with Crippen LogP contribution in [0.25, 0.3) is 0 Å². The molecule has 4 heteroatoms. The Balaban J connectivity index is 2.06. The summed E-state index contributed by atoms with van der Waals surface area (Å²) in [5, 5.41) is 12.8. The van der Waals surface area contributed by atoms with Crippen LogP contribution < -0.4 is 10.2 Å². The zero-order chi connectivity index (χ0) is 14.5. The number of nitrogens with zero attached hydrogens (tertiary/aromatic N) is 1. The van der Waals surface area contributed by atoms with Crippen molar-refractivity contribution >= 4 is 21.6 Å². The molecule has 1 fully saturated rings. The highest BCUT2D eigenvalue weighted by Crippen LogP contribution is 2.30. The molecular formula is C16H25BrN2O. The van der Waals surface area contributed by atoms with Crippen LogP contribution in [0.4, 0.5) is 5.69 Å². The van der Waals surface area contributed by atoms with Crippen LogP contribution in [0.2, 0.25) is 0 Å². The number of halogens is 1. The molecule has 0 aliphatic carbocycles. The lowest BCUT2D eigenvalue weighted by Gasteiger charge is -2.21. The van der Waals surface area contributed by atoms with E-state index in [-0.39, 0.29) is 0 Å². The largest absolute Gasteiger partial charge is 0.396 e. The van der Waals surface area contributed by atoms with Gasteiger partial charge in [-0.25, -0.2) is 0 Å². The van der Waals surface area contributed by atoms with E-state index in [9.17, 15) is 5.11 Å². The Morgan fingerprint density at radius 3 is 2.90 bits per heavy atom. The van der Waals surface area contributed by atoms with Crippen molar-refractivity contribution in [3.8, 4) is 0 Å². The molecule has 2 N–H and O–H groups in total. The first-order valence-electron chi connectivity index (χ1n) is 7.54. The average Bonchev–Trinajstić information content (AvgIpc) is 2.93. The highest BCUT2D eigenvalue weighted by molar-refractivity contribution is 9.10. The summed E-state index contributed by atoms with van der Waals surface area (Å²) >= 11 is 3.70. The summed E-state index contributed by atoms with van der Waals surface area (Å²) < 4.78 is 1.17. The van der Waals surface area contributed by atoms with E-state index in [1.165, 1.54) is 15.7 Å². The van der Waals surface area contributed by atoms with Crippen LogP contribution in [0.3, 0.4) is 0 Å². The molecular weight excluding hydrogens is 316 g/mol. The van der Waals surface area contributed by atoms with Crippen molar-refractivity contribution < 1.29 is 5.11 Å². The number of rotatable bonds is 6. The maximum Gasteiger partial charge on any atom is 0.0476 e. The van der Waals surface area contributed by atoms with Crippen LogP contribution in [0, 0.1) is 5.92 Å². The Morgan fingerprint density at radius 2 is 2.30 bits per heavy atom. The summed E-state index contributed by atoms with van der Waals surface area (Å²) in [6, 6.07) is 6.98. The summed E-state index contributed by atoms with van der Waals surface area (Å²) in [5.74, 6) is 0.429. The Hall–Kier alpha value is -0.580. The summed E-state index contributed by atoms with van der Waals surface area (Å²) in [4.78, 5) is 2.36. The van der Waals surface area contributed by atoms with Gasteiger partial charge < -0.3 is 15.3 Å². The molecule has 2 rings (SSSR count). The van der Waals surface area contributed by atoms with Gasteiger partial charge in [-0.3, -0.25) is 0 Å². The SMILES string of the molecule is CCCNC(C)c1ccc(N2CCC(CO)C2)cc1Br. The molecule has 0 amide bonds. The van der Waals surface area contributed by atoms with E-state index in [1.807, 2.05) is 0 Å². The van der Waals surface area contributed by atoms with Crippen molar-refractivity contribution in [2.75, 3.05) is 31.1 Å². The minimum Gasteiger partial charge on any atom is -0.396 e. The number of aliphatic hydroxyl groups is 1. The average molecular weight is 341 g/mol. The van der Waals surface area contributed by atoms with Crippen molar-refractivity contribution in [1.82, 2.24) is 5.32 Å². The molecule has 3 nitrogen and oxygen atoms in total. The van der Waals surface area contributed by atoms with Gasteiger partial charge in [-0.15, -0.1) is 0 Å². The maximum absolute atomic E-state index is 9.24. The molecule has 112 valence electrons. The molecule has 0 radical (unpaired) electrons. The number of hydrogen-bond acceptors (Lipinski definition) is 3. The second-order valence-corrected chi connectivity index (χ2v) is 6.52. The van der Waals surface area contributed by atoms with Crippen LogP contribution >= 0.6 is 15.9 Å². The highest BCUT2D eigenvalue weighted by atomic mass is 79.9.